The second kappa shape index (κ2) is 9.16. The summed E-state index contributed by atoms with van der Waals surface area (Å²) in [5.41, 5.74) is 2.58. The van der Waals surface area contributed by atoms with E-state index in [1.165, 1.54) is 11.1 Å². The molecule has 1 rings (SSSR count). The fourth-order valence-corrected chi connectivity index (χ4v) is 1.59. The zero-order valence-electron chi connectivity index (χ0n) is 11.5. The van der Waals surface area contributed by atoms with Crippen LogP contribution >= 0.6 is 24.0 Å². The van der Waals surface area contributed by atoms with Crippen LogP contribution in [-0.2, 0) is 13.1 Å². The number of benzene rings is 1. The Morgan fingerprint density at radius 1 is 1.17 bits per heavy atom. The first-order valence-corrected chi connectivity index (χ1v) is 5.76. The average molecular weight is 362 g/mol. The van der Waals surface area contributed by atoms with Gasteiger partial charge < -0.3 is 15.5 Å². The smallest absolute Gasteiger partial charge is 0.190 e. The minimum absolute atomic E-state index is 0. The zero-order valence-corrected chi connectivity index (χ0v) is 13.9. The third-order valence-electron chi connectivity index (χ3n) is 2.44. The summed E-state index contributed by atoms with van der Waals surface area (Å²) in [7, 11) is 7.77. The van der Waals surface area contributed by atoms with Gasteiger partial charge in [0, 0.05) is 27.2 Å². The summed E-state index contributed by atoms with van der Waals surface area (Å²) in [6.07, 6.45) is 0. The molecule has 2 N–H and O–H groups in total. The molecule has 0 bridgehead atoms. The quantitative estimate of drug-likeness (QED) is 0.486. The summed E-state index contributed by atoms with van der Waals surface area (Å²) in [5.74, 6) is 0.808. The van der Waals surface area contributed by atoms with Crippen LogP contribution < -0.4 is 10.6 Å². The molecule has 0 aromatic heterocycles. The maximum absolute atomic E-state index is 4.07. The average Bonchev–Trinajstić information content (AvgIpc) is 2.32. The van der Waals surface area contributed by atoms with Crippen molar-refractivity contribution < 1.29 is 0 Å². The molecule has 0 saturated carbocycles. The highest BCUT2D eigenvalue weighted by molar-refractivity contribution is 14.0. The van der Waals surface area contributed by atoms with E-state index in [2.05, 4.69) is 58.9 Å². The molecule has 0 aliphatic rings. The van der Waals surface area contributed by atoms with Crippen LogP contribution in [0.4, 0.5) is 0 Å². The number of guanidine groups is 1. The van der Waals surface area contributed by atoms with Gasteiger partial charge in [-0.2, -0.15) is 0 Å². The molecule has 0 fully saturated rings. The molecule has 0 unspecified atom stereocenters. The fourth-order valence-electron chi connectivity index (χ4n) is 1.59. The number of halogens is 1. The van der Waals surface area contributed by atoms with Crippen molar-refractivity contribution in [3.05, 3.63) is 35.4 Å². The van der Waals surface area contributed by atoms with E-state index in [0.717, 1.165) is 19.0 Å². The van der Waals surface area contributed by atoms with E-state index < -0.39 is 0 Å². The number of aliphatic imine (C=N–C) groups is 1. The van der Waals surface area contributed by atoms with E-state index in [0.29, 0.717) is 0 Å². The van der Waals surface area contributed by atoms with Gasteiger partial charge in [0.1, 0.15) is 0 Å². The Kier molecular flexibility index (Phi) is 8.74. The Morgan fingerprint density at radius 3 is 2.17 bits per heavy atom. The normalized spacial score (nSPS) is 11.1. The van der Waals surface area contributed by atoms with E-state index in [4.69, 9.17) is 0 Å². The van der Waals surface area contributed by atoms with Crippen LogP contribution in [0, 0.1) is 0 Å². The molecule has 4 nitrogen and oxygen atoms in total. The van der Waals surface area contributed by atoms with Crippen molar-refractivity contribution >= 4 is 29.9 Å². The summed E-state index contributed by atoms with van der Waals surface area (Å²) in [6, 6.07) is 8.63. The zero-order chi connectivity index (χ0) is 12.7. The Hall–Kier alpha value is -0.820. The monoisotopic (exact) mass is 362 g/mol. The lowest BCUT2D eigenvalue weighted by atomic mass is 10.1. The summed E-state index contributed by atoms with van der Waals surface area (Å²) >= 11 is 0. The highest BCUT2D eigenvalue weighted by atomic mass is 127. The molecule has 1 aromatic rings. The second-order valence-electron chi connectivity index (χ2n) is 4.23. The Labute approximate surface area is 127 Å². The van der Waals surface area contributed by atoms with Gasteiger partial charge in [0.15, 0.2) is 5.96 Å². The van der Waals surface area contributed by atoms with Crippen LogP contribution in [0.5, 0.6) is 0 Å². The Balaban J connectivity index is 0.00000289. The highest BCUT2D eigenvalue weighted by Crippen LogP contribution is 2.05. The van der Waals surface area contributed by atoms with E-state index in [9.17, 15) is 0 Å². The number of hydrogen-bond donors (Lipinski definition) is 2. The first kappa shape index (κ1) is 17.2. The number of nitrogens with one attached hydrogen (secondary N) is 2. The molecule has 102 valence electrons. The number of hydrogen-bond acceptors (Lipinski definition) is 2. The maximum atomic E-state index is 4.07. The van der Waals surface area contributed by atoms with Gasteiger partial charge in [0.05, 0.1) is 0 Å². The Bertz CT molecular complexity index is 360. The molecule has 18 heavy (non-hydrogen) atoms. The molecular formula is C13H23IN4. The van der Waals surface area contributed by atoms with Crippen molar-refractivity contribution in [2.24, 2.45) is 4.99 Å². The standard InChI is InChI=1S/C13H22N4.HI/c1-14-13(15-2)16-9-11-5-7-12(8-6-11)10-17(3)4;/h5-8H,9-10H2,1-4H3,(H2,14,15,16);1H. The van der Waals surface area contributed by atoms with Gasteiger partial charge in [-0.15, -0.1) is 24.0 Å². The van der Waals surface area contributed by atoms with Crippen LogP contribution in [0.1, 0.15) is 11.1 Å². The minimum atomic E-state index is 0. The molecule has 0 aliphatic carbocycles. The maximum Gasteiger partial charge on any atom is 0.190 e. The first-order chi connectivity index (χ1) is 8.15. The van der Waals surface area contributed by atoms with Crippen molar-refractivity contribution in [3.63, 3.8) is 0 Å². The second-order valence-corrected chi connectivity index (χ2v) is 4.23. The highest BCUT2D eigenvalue weighted by Gasteiger charge is 1.97. The van der Waals surface area contributed by atoms with Crippen molar-refractivity contribution in [2.75, 3.05) is 28.2 Å². The van der Waals surface area contributed by atoms with Crippen LogP contribution in [-0.4, -0.2) is 39.1 Å². The molecule has 0 aliphatic heterocycles. The van der Waals surface area contributed by atoms with Gasteiger partial charge in [-0.3, -0.25) is 4.99 Å². The minimum Gasteiger partial charge on any atom is -0.359 e. The summed E-state index contributed by atoms with van der Waals surface area (Å²) in [5, 5.41) is 6.22. The number of rotatable bonds is 4. The first-order valence-electron chi connectivity index (χ1n) is 5.76. The summed E-state index contributed by atoms with van der Waals surface area (Å²) in [4.78, 5) is 6.23. The van der Waals surface area contributed by atoms with Gasteiger partial charge in [-0.25, -0.2) is 0 Å². The van der Waals surface area contributed by atoms with E-state index in [1.807, 2.05) is 7.05 Å². The molecule has 0 radical (unpaired) electrons. The molecule has 1 aromatic carbocycles. The lowest BCUT2D eigenvalue weighted by Crippen LogP contribution is -2.34. The molecular weight excluding hydrogens is 339 g/mol. The fraction of sp³-hybridized carbons (Fsp3) is 0.462. The lowest BCUT2D eigenvalue weighted by Gasteiger charge is -2.11. The van der Waals surface area contributed by atoms with Crippen molar-refractivity contribution in [3.8, 4) is 0 Å². The largest absolute Gasteiger partial charge is 0.359 e. The van der Waals surface area contributed by atoms with Crippen molar-refractivity contribution in [1.29, 1.82) is 0 Å². The van der Waals surface area contributed by atoms with E-state index in [-0.39, 0.29) is 24.0 Å². The lowest BCUT2D eigenvalue weighted by molar-refractivity contribution is 0.402. The van der Waals surface area contributed by atoms with E-state index in [1.54, 1.807) is 7.05 Å². The molecule has 5 heteroatoms. The van der Waals surface area contributed by atoms with Gasteiger partial charge in [-0.05, 0) is 25.2 Å². The Morgan fingerprint density at radius 2 is 1.72 bits per heavy atom. The van der Waals surface area contributed by atoms with Crippen LogP contribution in [0.25, 0.3) is 0 Å². The third kappa shape index (κ3) is 6.20. The predicted molar refractivity (Wildman–Crippen MR) is 88.5 cm³/mol. The van der Waals surface area contributed by atoms with Gasteiger partial charge in [0.25, 0.3) is 0 Å². The van der Waals surface area contributed by atoms with Gasteiger partial charge in [0.2, 0.25) is 0 Å². The van der Waals surface area contributed by atoms with Crippen LogP contribution in [0.3, 0.4) is 0 Å². The summed E-state index contributed by atoms with van der Waals surface area (Å²) < 4.78 is 0. The number of nitrogens with zero attached hydrogens (tertiary/aromatic N) is 2. The van der Waals surface area contributed by atoms with Crippen LogP contribution in [0.15, 0.2) is 29.3 Å². The molecule has 0 amide bonds. The molecule has 0 atom stereocenters. The van der Waals surface area contributed by atoms with Gasteiger partial charge >= 0.3 is 0 Å². The summed E-state index contributed by atoms with van der Waals surface area (Å²) in [6.45, 7) is 1.77. The van der Waals surface area contributed by atoms with Crippen molar-refractivity contribution in [2.45, 2.75) is 13.1 Å². The molecule has 0 saturated heterocycles. The predicted octanol–water partition coefficient (Wildman–Crippen LogP) is 1.66. The van der Waals surface area contributed by atoms with Gasteiger partial charge in [-0.1, -0.05) is 24.3 Å². The topological polar surface area (TPSA) is 39.7 Å². The molecule has 0 spiro atoms. The molecule has 0 heterocycles. The SMILES string of the molecule is CN=C(NC)NCc1ccc(CN(C)C)cc1.I. The van der Waals surface area contributed by atoms with Crippen molar-refractivity contribution in [1.82, 2.24) is 15.5 Å². The third-order valence-corrected chi connectivity index (χ3v) is 2.44. The van der Waals surface area contributed by atoms with Crippen LogP contribution in [0.2, 0.25) is 0 Å². The van der Waals surface area contributed by atoms with E-state index >= 15 is 0 Å².